The molecule has 0 N–H and O–H groups in total. The molecule has 0 spiro atoms. The van der Waals surface area contributed by atoms with Crippen molar-refractivity contribution in [3.8, 4) is 12.1 Å². The first-order chi connectivity index (χ1) is 21.7. The van der Waals surface area contributed by atoms with Crippen molar-refractivity contribution in [2.75, 3.05) is 0 Å². The fraction of sp³-hybridized carbons (Fsp3) is 0. The van der Waals surface area contributed by atoms with Gasteiger partial charge in [0.25, 0.3) is 0 Å². The monoisotopic (exact) mass is 801 g/mol. The molecule has 5 heteroatoms. The molecule has 224 valence electrons. The van der Waals surface area contributed by atoms with Crippen LogP contribution in [0.1, 0.15) is 0 Å². The molecular formula is C40H36N2P2Pt+2. The van der Waals surface area contributed by atoms with Crippen LogP contribution in [0.3, 0.4) is 0 Å². The molecule has 2 nitrogen and oxygen atoms in total. The maximum atomic E-state index is 7.21. The summed E-state index contributed by atoms with van der Waals surface area (Å²) in [6.45, 7) is 5.58. The molecule has 45 heavy (non-hydrogen) atoms. The van der Waals surface area contributed by atoms with Gasteiger partial charge in [0.2, 0.25) is 0 Å². The van der Waals surface area contributed by atoms with Gasteiger partial charge in [-0.05, 0) is 72.8 Å². The van der Waals surface area contributed by atoms with Crippen molar-refractivity contribution < 1.29 is 21.1 Å². The molecule has 0 atom stereocenters. The van der Waals surface area contributed by atoms with Gasteiger partial charge in [0.15, 0.2) is 0 Å². The Labute approximate surface area is 285 Å². The van der Waals surface area contributed by atoms with Crippen molar-refractivity contribution >= 4 is 47.7 Å². The standard InChI is InChI=1S/2C18H15P.2C2H2N.Pt/c2*1-4-10-16(11-5-1)19(17-12-6-2-7-13-17)18-14-8-3-9-15-18;2*1-2-3;/h2*1-15H;2*1H2;/q;;2*-1;+2/p+2. The van der Waals surface area contributed by atoms with Crippen LogP contribution in [0.2, 0.25) is 0 Å². The molecule has 0 saturated heterocycles. The van der Waals surface area contributed by atoms with Crippen LogP contribution in [0, 0.1) is 36.5 Å². The average molecular weight is 802 g/mol. The molecule has 0 saturated carbocycles. The third-order valence-electron chi connectivity index (χ3n) is 6.37. The second kappa shape index (κ2) is 22.2. The zero-order valence-corrected chi connectivity index (χ0v) is 29.2. The first-order valence-electron chi connectivity index (χ1n) is 14.1. The molecule has 6 aromatic rings. The Bertz CT molecular complexity index is 1360. The topological polar surface area (TPSA) is 47.6 Å². The summed E-state index contributed by atoms with van der Waals surface area (Å²) in [6, 6.07) is 68.0. The van der Waals surface area contributed by atoms with Crippen molar-refractivity contribution in [3.05, 3.63) is 196 Å². The minimum absolute atomic E-state index is 0. The second-order valence-electron chi connectivity index (χ2n) is 9.26. The first kappa shape index (κ1) is 36.8. The van der Waals surface area contributed by atoms with Gasteiger partial charge in [0, 0.05) is 0 Å². The van der Waals surface area contributed by atoms with E-state index in [0.29, 0.717) is 0 Å². The van der Waals surface area contributed by atoms with Gasteiger partial charge in [-0.25, -0.2) is 10.5 Å². The molecule has 0 aliphatic heterocycles. The summed E-state index contributed by atoms with van der Waals surface area (Å²) in [5, 5.41) is 23.0. The van der Waals surface area contributed by atoms with E-state index in [1.165, 1.54) is 44.0 Å². The van der Waals surface area contributed by atoms with E-state index in [4.69, 9.17) is 10.5 Å². The SMILES string of the molecule is [CH2-]C#N.[CH2-]C#N.[Pt+2].c1ccc([PH+](c2ccccc2)c2ccccc2)cc1.c1ccc([PH+](c2ccccc2)c2ccccc2)cc1. The Morgan fingerprint density at radius 1 is 0.311 bits per heavy atom. The van der Waals surface area contributed by atoms with Gasteiger partial charge in [-0.1, -0.05) is 109 Å². The Balaban J connectivity index is 0.000000262. The summed E-state index contributed by atoms with van der Waals surface area (Å²) in [5.74, 6) is 0. The molecule has 6 rings (SSSR count). The largest absolute Gasteiger partial charge is 2.00 e. The summed E-state index contributed by atoms with van der Waals surface area (Å²) in [5.41, 5.74) is 0. The van der Waals surface area contributed by atoms with Crippen LogP contribution in [-0.4, -0.2) is 0 Å². The minimum Gasteiger partial charge on any atom is -0.305 e. The summed E-state index contributed by atoms with van der Waals surface area (Å²) in [7, 11) is -1.75. The summed E-state index contributed by atoms with van der Waals surface area (Å²) < 4.78 is 0. The number of benzene rings is 6. The number of hydrogen-bond acceptors (Lipinski definition) is 2. The van der Waals surface area contributed by atoms with E-state index in [9.17, 15) is 0 Å². The van der Waals surface area contributed by atoms with Gasteiger partial charge in [0.05, 0.1) is 15.8 Å². The van der Waals surface area contributed by atoms with Gasteiger partial charge in [-0.3, -0.25) is 0 Å². The third kappa shape index (κ3) is 12.2. The quantitative estimate of drug-likeness (QED) is 0.134. The fourth-order valence-corrected chi connectivity index (χ4v) is 9.78. The molecule has 0 aromatic heterocycles. The Morgan fingerprint density at radius 3 is 0.533 bits per heavy atom. The number of rotatable bonds is 6. The molecule has 0 aliphatic carbocycles. The fourth-order valence-electron chi connectivity index (χ4n) is 4.63. The van der Waals surface area contributed by atoms with Crippen molar-refractivity contribution in [3.63, 3.8) is 0 Å². The summed E-state index contributed by atoms with van der Waals surface area (Å²) in [6.07, 6.45) is 0. The van der Waals surface area contributed by atoms with Crippen LogP contribution >= 0.6 is 15.8 Å². The maximum Gasteiger partial charge on any atom is 2.00 e. The van der Waals surface area contributed by atoms with Gasteiger partial charge in [-0.15, -0.1) is 12.1 Å². The van der Waals surface area contributed by atoms with E-state index in [-0.39, 0.29) is 21.1 Å². The minimum atomic E-state index is -0.877. The normalized spacial score (nSPS) is 9.24. The van der Waals surface area contributed by atoms with E-state index >= 15 is 0 Å². The van der Waals surface area contributed by atoms with Crippen molar-refractivity contribution in [1.82, 2.24) is 0 Å². The van der Waals surface area contributed by atoms with Crippen LogP contribution < -0.4 is 31.8 Å². The molecule has 0 amide bonds. The number of nitrogens with zero attached hydrogens (tertiary/aromatic N) is 2. The van der Waals surface area contributed by atoms with Crippen molar-refractivity contribution in [2.45, 2.75) is 0 Å². The zero-order chi connectivity index (χ0) is 31.2. The van der Waals surface area contributed by atoms with Gasteiger partial charge < -0.3 is 13.8 Å². The second-order valence-corrected chi connectivity index (χ2v) is 14.2. The van der Waals surface area contributed by atoms with Crippen LogP contribution in [0.4, 0.5) is 0 Å². The molecule has 6 aromatic carbocycles. The molecule has 0 unspecified atom stereocenters. The Kier molecular flexibility index (Phi) is 18.1. The van der Waals surface area contributed by atoms with Crippen LogP contribution in [0.25, 0.3) is 0 Å². The van der Waals surface area contributed by atoms with Crippen molar-refractivity contribution in [2.24, 2.45) is 0 Å². The van der Waals surface area contributed by atoms with E-state index in [0.717, 1.165) is 0 Å². The van der Waals surface area contributed by atoms with E-state index in [1.807, 2.05) is 0 Å². The number of hydrogen-bond donors (Lipinski definition) is 0. The molecular weight excluding hydrogens is 765 g/mol. The molecule has 0 bridgehead atoms. The van der Waals surface area contributed by atoms with E-state index in [2.05, 4.69) is 196 Å². The zero-order valence-electron chi connectivity index (χ0n) is 24.9. The number of nitriles is 2. The van der Waals surface area contributed by atoms with Gasteiger partial charge in [-0.2, -0.15) is 0 Å². The Morgan fingerprint density at radius 2 is 0.422 bits per heavy atom. The van der Waals surface area contributed by atoms with Crippen molar-refractivity contribution in [1.29, 1.82) is 10.5 Å². The predicted molar refractivity (Wildman–Crippen MR) is 195 cm³/mol. The molecule has 0 fully saturated rings. The first-order valence-corrected chi connectivity index (χ1v) is 17.1. The Hall–Kier alpha value is -4.41. The van der Waals surface area contributed by atoms with Crippen LogP contribution in [-0.2, 0) is 21.1 Å². The van der Waals surface area contributed by atoms with Gasteiger partial charge >= 0.3 is 21.1 Å². The van der Waals surface area contributed by atoms with Crippen LogP contribution in [0.5, 0.6) is 0 Å². The molecule has 0 heterocycles. The van der Waals surface area contributed by atoms with E-state index < -0.39 is 15.8 Å². The smallest absolute Gasteiger partial charge is 0.305 e. The summed E-state index contributed by atoms with van der Waals surface area (Å²) >= 11 is 0. The predicted octanol–water partition coefficient (Wildman–Crippen LogP) is 7.04. The maximum absolute atomic E-state index is 7.21. The third-order valence-corrected chi connectivity index (χ3v) is 11.8. The average Bonchev–Trinajstić information content (AvgIpc) is 3.09. The molecule has 0 radical (unpaired) electrons. The van der Waals surface area contributed by atoms with E-state index in [1.54, 1.807) is 0 Å². The summed E-state index contributed by atoms with van der Waals surface area (Å²) in [4.78, 5) is 0. The van der Waals surface area contributed by atoms with Crippen LogP contribution in [0.15, 0.2) is 182 Å². The van der Waals surface area contributed by atoms with Gasteiger partial charge in [0.1, 0.15) is 31.8 Å². The molecule has 0 aliphatic rings.